The van der Waals surface area contributed by atoms with Gasteiger partial charge in [-0.1, -0.05) is 6.92 Å². The fraction of sp³-hybridized carbons (Fsp3) is 0.500. The Labute approximate surface area is 82.2 Å². The molecule has 0 saturated carbocycles. The van der Waals surface area contributed by atoms with Gasteiger partial charge in [0.1, 0.15) is 0 Å². The topological polar surface area (TPSA) is 20.3 Å². The molecule has 13 heavy (non-hydrogen) atoms. The molecule has 0 fully saturated rings. The zero-order chi connectivity index (χ0) is 9.26. The van der Waals surface area contributed by atoms with E-state index in [-0.39, 0.29) is 0 Å². The fourth-order valence-corrected chi connectivity index (χ4v) is 2.92. The molecule has 0 saturated heterocycles. The first kappa shape index (κ1) is 8.75. The molecule has 0 bridgehead atoms. The number of hydrogen-bond donors (Lipinski definition) is 0. The van der Waals surface area contributed by atoms with E-state index in [1.54, 1.807) is 0 Å². The van der Waals surface area contributed by atoms with Gasteiger partial charge in [0.15, 0.2) is 0 Å². The van der Waals surface area contributed by atoms with Crippen molar-refractivity contribution in [1.29, 1.82) is 0 Å². The highest BCUT2D eigenvalue weighted by Crippen LogP contribution is 2.33. The molecule has 0 N–H and O–H groups in total. The van der Waals surface area contributed by atoms with E-state index < -0.39 is 0 Å². The highest BCUT2D eigenvalue weighted by Gasteiger charge is 2.25. The van der Waals surface area contributed by atoms with Crippen LogP contribution in [0.5, 0.6) is 0 Å². The normalized spacial score (nSPS) is 21.3. The van der Waals surface area contributed by atoms with E-state index in [9.17, 15) is 4.79 Å². The van der Waals surface area contributed by atoms with Crippen LogP contribution in [0.2, 0.25) is 0 Å². The lowest BCUT2D eigenvalue weighted by molar-refractivity contribution is -0.120. The van der Waals surface area contributed by atoms with Gasteiger partial charge in [0.2, 0.25) is 6.41 Å². The summed E-state index contributed by atoms with van der Waals surface area (Å²) in [5.74, 6) is 0. The lowest BCUT2D eigenvalue weighted by atomic mass is 9.99. The molecule has 2 nitrogen and oxygen atoms in total. The summed E-state index contributed by atoms with van der Waals surface area (Å²) in [5, 5.41) is 2.13. The molecule has 0 aromatic carbocycles. The van der Waals surface area contributed by atoms with Crippen LogP contribution in [0.4, 0.5) is 0 Å². The molecule has 1 aromatic rings. The summed E-state index contributed by atoms with van der Waals surface area (Å²) < 4.78 is 0. The molecule has 2 rings (SSSR count). The highest BCUT2D eigenvalue weighted by atomic mass is 32.1. The third kappa shape index (κ3) is 1.37. The molecule has 0 spiro atoms. The van der Waals surface area contributed by atoms with Crippen molar-refractivity contribution in [3.05, 3.63) is 21.9 Å². The molecular weight excluding hydrogens is 182 g/mol. The van der Waals surface area contributed by atoms with Gasteiger partial charge in [-0.2, -0.15) is 0 Å². The molecule has 0 radical (unpaired) electrons. The number of carbonyl (C=O) groups excluding carboxylic acids is 1. The number of rotatable bonds is 2. The van der Waals surface area contributed by atoms with E-state index >= 15 is 0 Å². The van der Waals surface area contributed by atoms with Gasteiger partial charge in [-0.25, -0.2) is 0 Å². The molecule has 1 unspecified atom stereocenters. The van der Waals surface area contributed by atoms with Crippen LogP contribution in [0.1, 0.15) is 29.8 Å². The van der Waals surface area contributed by atoms with E-state index in [4.69, 9.17) is 0 Å². The summed E-state index contributed by atoms with van der Waals surface area (Å²) >= 11 is 1.81. The monoisotopic (exact) mass is 195 g/mol. The smallest absolute Gasteiger partial charge is 0.210 e. The Hall–Kier alpha value is -0.830. The maximum atomic E-state index is 10.8. The second-order valence-electron chi connectivity index (χ2n) is 3.32. The zero-order valence-electron chi connectivity index (χ0n) is 7.69. The zero-order valence-corrected chi connectivity index (χ0v) is 8.51. The molecule has 1 aliphatic rings. The van der Waals surface area contributed by atoms with E-state index in [1.807, 2.05) is 16.2 Å². The van der Waals surface area contributed by atoms with Crippen molar-refractivity contribution in [2.75, 3.05) is 6.54 Å². The largest absolute Gasteiger partial charge is 0.338 e. The molecule has 0 aliphatic carbocycles. The Morgan fingerprint density at radius 1 is 1.77 bits per heavy atom. The van der Waals surface area contributed by atoms with Gasteiger partial charge in [-0.15, -0.1) is 11.3 Å². The predicted molar refractivity (Wildman–Crippen MR) is 53.8 cm³/mol. The molecule has 1 amide bonds. The molecule has 2 heterocycles. The molecular formula is C10H13NOS. The SMILES string of the molecule is CCC1c2ccsc2CCN1C=O. The number of amides is 1. The van der Waals surface area contributed by atoms with Crippen molar-refractivity contribution in [3.8, 4) is 0 Å². The molecule has 1 aliphatic heterocycles. The Morgan fingerprint density at radius 2 is 2.62 bits per heavy atom. The van der Waals surface area contributed by atoms with Crippen LogP contribution in [0.3, 0.4) is 0 Å². The summed E-state index contributed by atoms with van der Waals surface area (Å²) in [5.41, 5.74) is 1.37. The first-order valence-corrected chi connectivity index (χ1v) is 5.52. The Morgan fingerprint density at radius 3 is 3.31 bits per heavy atom. The van der Waals surface area contributed by atoms with E-state index in [2.05, 4.69) is 18.4 Å². The Balaban J connectivity index is 2.34. The standard InChI is InChI=1S/C10H13NOS/c1-2-9-8-4-6-13-10(8)3-5-11(9)7-12/h4,6-7,9H,2-3,5H2,1H3. The van der Waals surface area contributed by atoms with Gasteiger partial charge < -0.3 is 4.90 Å². The molecule has 1 atom stereocenters. The van der Waals surface area contributed by atoms with Gasteiger partial charge in [-0.05, 0) is 29.9 Å². The summed E-state index contributed by atoms with van der Waals surface area (Å²) in [4.78, 5) is 14.2. The molecule has 3 heteroatoms. The second-order valence-corrected chi connectivity index (χ2v) is 4.32. The molecule has 70 valence electrons. The van der Waals surface area contributed by atoms with Crippen molar-refractivity contribution in [1.82, 2.24) is 4.90 Å². The van der Waals surface area contributed by atoms with E-state index in [1.165, 1.54) is 10.4 Å². The minimum absolute atomic E-state index is 0.326. The summed E-state index contributed by atoms with van der Waals surface area (Å²) in [6, 6.07) is 2.48. The number of thiophene rings is 1. The van der Waals surface area contributed by atoms with Crippen molar-refractivity contribution in [3.63, 3.8) is 0 Å². The van der Waals surface area contributed by atoms with Crippen molar-refractivity contribution < 1.29 is 4.79 Å². The van der Waals surface area contributed by atoms with Crippen LogP contribution < -0.4 is 0 Å². The number of fused-ring (bicyclic) bond motifs is 1. The summed E-state index contributed by atoms with van der Waals surface area (Å²) in [6.45, 7) is 3.02. The lowest BCUT2D eigenvalue weighted by Crippen LogP contribution is -2.33. The van der Waals surface area contributed by atoms with Gasteiger partial charge >= 0.3 is 0 Å². The Kier molecular flexibility index (Phi) is 2.36. The average molecular weight is 195 g/mol. The van der Waals surface area contributed by atoms with Crippen LogP contribution in [0.25, 0.3) is 0 Å². The average Bonchev–Trinajstić information content (AvgIpc) is 2.63. The van der Waals surface area contributed by atoms with E-state index in [0.717, 1.165) is 25.8 Å². The number of carbonyl (C=O) groups is 1. The van der Waals surface area contributed by atoms with Gasteiger partial charge in [0.05, 0.1) is 6.04 Å². The summed E-state index contributed by atoms with van der Waals surface area (Å²) in [6.07, 6.45) is 3.03. The lowest BCUT2D eigenvalue weighted by Gasteiger charge is -2.32. The first-order valence-electron chi connectivity index (χ1n) is 4.64. The number of nitrogens with zero attached hydrogens (tertiary/aromatic N) is 1. The van der Waals surface area contributed by atoms with Crippen LogP contribution in [-0.2, 0) is 11.2 Å². The predicted octanol–water partition coefficient (Wildman–Crippen LogP) is 2.21. The minimum Gasteiger partial charge on any atom is -0.338 e. The highest BCUT2D eigenvalue weighted by molar-refractivity contribution is 7.10. The van der Waals surface area contributed by atoms with Crippen LogP contribution in [0, 0.1) is 0 Å². The maximum absolute atomic E-state index is 10.8. The van der Waals surface area contributed by atoms with Gasteiger partial charge in [0.25, 0.3) is 0 Å². The fourth-order valence-electron chi connectivity index (χ4n) is 2.00. The van der Waals surface area contributed by atoms with Gasteiger partial charge in [-0.3, -0.25) is 4.79 Å². The van der Waals surface area contributed by atoms with Crippen molar-refractivity contribution in [2.45, 2.75) is 25.8 Å². The van der Waals surface area contributed by atoms with Crippen LogP contribution in [-0.4, -0.2) is 17.9 Å². The van der Waals surface area contributed by atoms with Crippen molar-refractivity contribution >= 4 is 17.7 Å². The third-order valence-corrected chi connectivity index (χ3v) is 3.65. The van der Waals surface area contributed by atoms with Crippen LogP contribution >= 0.6 is 11.3 Å². The Bertz CT molecular complexity index is 308. The van der Waals surface area contributed by atoms with Gasteiger partial charge in [0, 0.05) is 11.4 Å². The molecule has 1 aromatic heterocycles. The van der Waals surface area contributed by atoms with E-state index in [0.29, 0.717) is 6.04 Å². The third-order valence-electron chi connectivity index (χ3n) is 2.66. The minimum atomic E-state index is 0.326. The van der Waals surface area contributed by atoms with Crippen molar-refractivity contribution in [2.24, 2.45) is 0 Å². The van der Waals surface area contributed by atoms with Crippen LogP contribution in [0.15, 0.2) is 11.4 Å². The second kappa shape index (κ2) is 3.50. The maximum Gasteiger partial charge on any atom is 0.210 e. The number of hydrogen-bond acceptors (Lipinski definition) is 2. The summed E-state index contributed by atoms with van der Waals surface area (Å²) in [7, 11) is 0. The quantitative estimate of drug-likeness (QED) is 0.663. The first-order chi connectivity index (χ1) is 6.36.